The molecule has 0 N–H and O–H groups in total. The summed E-state index contributed by atoms with van der Waals surface area (Å²) < 4.78 is 10.2. The van der Waals surface area contributed by atoms with Gasteiger partial charge in [-0.2, -0.15) is 0 Å². The van der Waals surface area contributed by atoms with E-state index in [9.17, 15) is 9.59 Å². The maximum Gasteiger partial charge on any atom is 0.410 e. The van der Waals surface area contributed by atoms with Gasteiger partial charge in [-0.15, -0.1) is 0 Å². The molecule has 0 fully saturated rings. The highest BCUT2D eigenvalue weighted by Gasteiger charge is 2.19. The summed E-state index contributed by atoms with van der Waals surface area (Å²) >= 11 is 0. The molecule has 6 nitrogen and oxygen atoms in total. The lowest BCUT2D eigenvalue weighted by Crippen LogP contribution is -2.35. The van der Waals surface area contributed by atoms with E-state index >= 15 is 0 Å². The lowest BCUT2D eigenvalue weighted by atomic mass is 10.2. The quantitative estimate of drug-likeness (QED) is 0.508. The second kappa shape index (κ2) is 10.6. The number of esters is 1. The molecule has 0 atom stereocenters. The molecule has 0 saturated carbocycles. The van der Waals surface area contributed by atoms with E-state index in [0.29, 0.717) is 13.2 Å². The Bertz CT molecular complexity index is 633. The van der Waals surface area contributed by atoms with Gasteiger partial charge in [0.25, 0.3) is 0 Å². The molecule has 0 unspecified atom stereocenters. The van der Waals surface area contributed by atoms with Gasteiger partial charge in [0.1, 0.15) is 5.60 Å². The van der Waals surface area contributed by atoms with Gasteiger partial charge in [-0.25, -0.2) is 9.59 Å². The van der Waals surface area contributed by atoms with Crippen molar-refractivity contribution in [2.75, 3.05) is 38.7 Å². The molecule has 0 bridgehead atoms. The molecule has 0 spiro atoms. The molecule has 0 aliphatic rings. The lowest BCUT2D eigenvalue weighted by molar-refractivity contribution is -0.137. The highest BCUT2D eigenvalue weighted by atomic mass is 16.6. The monoisotopic (exact) mass is 376 g/mol. The van der Waals surface area contributed by atoms with Crippen LogP contribution in [-0.4, -0.2) is 56.4 Å². The third-order valence-electron chi connectivity index (χ3n) is 3.72. The summed E-state index contributed by atoms with van der Waals surface area (Å²) in [6.07, 6.45) is 3.69. The van der Waals surface area contributed by atoms with Crippen LogP contribution < -0.4 is 4.90 Å². The number of benzene rings is 1. The van der Waals surface area contributed by atoms with Gasteiger partial charge in [-0.05, 0) is 57.9 Å². The summed E-state index contributed by atoms with van der Waals surface area (Å²) in [5.41, 5.74) is 1.53. The van der Waals surface area contributed by atoms with Gasteiger partial charge in [0.2, 0.25) is 0 Å². The number of rotatable bonds is 8. The van der Waals surface area contributed by atoms with Crippen molar-refractivity contribution in [3.05, 3.63) is 35.9 Å². The maximum absolute atomic E-state index is 11.9. The number of amides is 1. The number of hydrogen-bond donors (Lipinski definition) is 0. The van der Waals surface area contributed by atoms with Gasteiger partial charge in [0, 0.05) is 38.9 Å². The number of anilines is 1. The Balaban J connectivity index is 2.45. The van der Waals surface area contributed by atoms with Gasteiger partial charge in [-0.1, -0.05) is 12.1 Å². The van der Waals surface area contributed by atoms with Crippen molar-refractivity contribution < 1.29 is 19.1 Å². The average Bonchev–Trinajstić information content (AvgIpc) is 2.59. The molecular formula is C21H32N2O4. The van der Waals surface area contributed by atoms with Crippen molar-refractivity contribution in [1.29, 1.82) is 0 Å². The molecule has 0 saturated heterocycles. The third kappa shape index (κ3) is 9.13. The van der Waals surface area contributed by atoms with Crippen molar-refractivity contribution in [3.8, 4) is 0 Å². The first-order valence-corrected chi connectivity index (χ1v) is 9.22. The van der Waals surface area contributed by atoms with E-state index in [1.165, 1.54) is 6.08 Å². The topological polar surface area (TPSA) is 59.1 Å². The Morgan fingerprint density at radius 1 is 1.07 bits per heavy atom. The lowest BCUT2D eigenvalue weighted by Gasteiger charge is -2.25. The number of ether oxygens (including phenoxy) is 2. The molecule has 0 aliphatic heterocycles. The van der Waals surface area contributed by atoms with Gasteiger partial charge in [0.15, 0.2) is 0 Å². The molecule has 6 heteroatoms. The van der Waals surface area contributed by atoms with E-state index in [4.69, 9.17) is 9.47 Å². The van der Waals surface area contributed by atoms with E-state index in [-0.39, 0.29) is 12.1 Å². The highest BCUT2D eigenvalue weighted by Crippen LogP contribution is 2.15. The van der Waals surface area contributed by atoms with Crippen LogP contribution in [-0.2, 0) is 14.3 Å². The molecule has 27 heavy (non-hydrogen) atoms. The number of carbonyl (C=O) groups excluding carboxylic acids is 2. The van der Waals surface area contributed by atoms with Crippen LogP contribution in [0, 0.1) is 0 Å². The second-order valence-electron chi connectivity index (χ2n) is 7.35. The molecule has 1 aromatic rings. The minimum Gasteiger partial charge on any atom is -0.463 e. The van der Waals surface area contributed by atoms with Gasteiger partial charge < -0.3 is 19.3 Å². The number of nitrogens with zero attached hydrogens (tertiary/aromatic N) is 2. The highest BCUT2D eigenvalue weighted by molar-refractivity contribution is 5.87. The number of hydrogen-bond acceptors (Lipinski definition) is 5. The van der Waals surface area contributed by atoms with Crippen LogP contribution in [0.1, 0.15) is 39.7 Å². The molecular weight excluding hydrogens is 344 g/mol. The summed E-state index contributed by atoms with van der Waals surface area (Å²) in [5.74, 6) is -0.340. The molecule has 0 aliphatic carbocycles. The Morgan fingerprint density at radius 3 is 2.26 bits per heavy atom. The first kappa shape index (κ1) is 22.5. The second-order valence-corrected chi connectivity index (χ2v) is 7.35. The van der Waals surface area contributed by atoms with Crippen LogP contribution in [0.15, 0.2) is 30.3 Å². The van der Waals surface area contributed by atoms with Crippen LogP contribution in [0.3, 0.4) is 0 Å². The van der Waals surface area contributed by atoms with Crippen molar-refractivity contribution >= 4 is 23.8 Å². The Labute approximate surface area is 162 Å². The van der Waals surface area contributed by atoms with Gasteiger partial charge in [-0.3, -0.25) is 0 Å². The average molecular weight is 376 g/mol. The zero-order valence-corrected chi connectivity index (χ0v) is 17.3. The summed E-state index contributed by atoms with van der Waals surface area (Å²) in [4.78, 5) is 27.0. The first-order chi connectivity index (χ1) is 12.6. The van der Waals surface area contributed by atoms with Crippen molar-refractivity contribution in [2.45, 2.75) is 39.7 Å². The van der Waals surface area contributed by atoms with Crippen molar-refractivity contribution in [2.24, 2.45) is 0 Å². The standard InChI is InChI=1S/C21H32N2O4/c1-7-26-19(24)14-11-17-9-12-18(13-10-17)22(5)15-8-16-23(6)20(25)27-21(2,3)4/h9-14H,7-8,15-16H2,1-6H3. The van der Waals surface area contributed by atoms with E-state index in [0.717, 1.165) is 24.2 Å². The Kier molecular flexibility index (Phi) is 8.85. The number of carbonyl (C=O) groups is 2. The van der Waals surface area contributed by atoms with Gasteiger partial charge in [0.05, 0.1) is 6.61 Å². The molecule has 1 amide bonds. The van der Waals surface area contributed by atoms with Crippen molar-refractivity contribution in [1.82, 2.24) is 4.90 Å². The fraction of sp³-hybridized carbons (Fsp3) is 0.524. The van der Waals surface area contributed by atoms with Crippen LogP contribution >= 0.6 is 0 Å². The maximum atomic E-state index is 11.9. The predicted octanol–water partition coefficient (Wildman–Crippen LogP) is 3.96. The molecule has 150 valence electrons. The Morgan fingerprint density at radius 2 is 1.70 bits per heavy atom. The fourth-order valence-electron chi connectivity index (χ4n) is 2.30. The van der Waals surface area contributed by atoms with Crippen LogP contribution in [0.25, 0.3) is 6.08 Å². The smallest absolute Gasteiger partial charge is 0.410 e. The predicted molar refractivity (Wildman–Crippen MR) is 109 cm³/mol. The van der Waals surface area contributed by atoms with Crippen LogP contribution in [0.2, 0.25) is 0 Å². The zero-order chi connectivity index (χ0) is 20.4. The van der Waals surface area contributed by atoms with Crippen LogP contribution in [0.4, 0.5) is 10.5 Å². The minimum atomic E-state index is -0.481. The van der Waals surface area contributed by atoms with Gasteiger partial charge >= 0.3 is 12.1 Å². The first-order valence-electron chi connectivity index (χ1n) is 9.22. The summed E-state index contributed by atoms with van der Waals surface area (Å²) in [6.45, 7) is 9.16. The zero-order valence-electron chi connectivity index (χ0n) is 17.3. The summed E-state index contributed by atoms with van der Waals surface area (Å²) in [5, 5.41) is 0. The van der Waals surface area contributed by atoms with E-state index in [1.54, 1.807) is 24.9 Å². The minimum absolute atomic E-state index is 0.303. The molecule has 1 aromatic carbocycles. The van der Waals surface area contributed by atoms with Crippen molar-refractivity contribution in [3.63, 3.8) is 0 Å². The van der Waals surface area contributed by atoms with E-state index < -0.39 is 5.60 Å². The summed E-state index contributed by atoms with van der Waals surface area (Å²) in [6, 6.07) is 7.91. The van der Waals surface area contributed by atoms with Crippen LogP contribution in [0.5, 0.6) is 0 Å². The van der Waals surface area contributed by atoms with E-state index in [1.807, 2.05) is 52.1 Å². The Hall–Kier alpha value is -2.50. The SMILES string of the molecule is CCOC(=O)C=Cc1ccc(N(C)CCCN(C)C(=O)OC(C)(C)C)cc1. The summed E-state index contributed by atoms with van der Waals surface area (Å²) in [7, 11) is 3.76. The van der Waals surface area contributed by atoms with E-state index in [2.05, 4.69) is 4.90 Å². The molecule has 0 heterocycles. The largest absolute Gasteiger partial charge is 0.463 e. The third-order valence-corrected chi connectivity index (χ3v) is 3.72. The molecule has 1 rings (SSSR count). The fourth-order valence-corrected chi connectivity index (χ4v) is 2.30. The normalized spacial score (nSPS) is 11.3. The molecule has 0 radical (unpaired) electrons. The molecule has 0 aromatic heterocycles.